The number of carbonyl (C=O) groups excluding carboxylic acids is 1. The molecule has 1 amide bonds. The Labute approximate surface area is 148 Å². The smallest absolute Gasteiger partial charge is 0.292 e. The minimum absolute atomic E-state index is 0.0811. The first-order valence-corrected chi connectivity index (χ1v) is 8.77. The fraction of sp³-hybridized carbons (Fsp3) is 0.526. The molecule has 0 radical (unpaired) electrons. The highest BCUT2D eigenvalue weighted by Gasteiger charge is 2.31. The fourth-order valence-electron chi connectivity index (χ4n) is 3.15. The quantitative estimate of drug-likeness (QED) is 0.854. The van der Waals surface area contributed by atoms with E-state index in [0.29, 0.717) is 18.8 Å². The van der Waals surface area contributed by atoms with Crippen LogP contribution in [0.3, 0.4) is 0 Å². The van der Waals surface area contributed by atoms with Crippen molar-refractivity contribution in [2.75, 3.05) is 32.1 Å². The zero-order valence-corrected chi connectivity index (χ0v) is 15.6. The third-order valence-electron chi connectivity index (χ3n) is 4.70. The second-order valence-electron chi connectivity index (χ2n) is 7.29. The van der Waals surface area contributed by atoms with Gasteiger partial charge in [-0.2, -0.15) is 0 Å². The van der Waals surface area contributed by atoms with E-state index >= 15 is 0 Å². The molecule has 0 spiro atoms. The molecule has 6 heteroatoms. The largest absolute Gasteiger partial charge is 0.378 e. The summed E-state index contributed by atoms with van der Waals surface area (Å²) in [6.07, 6.45) is 0.917. The Bertz CT molecular complexity index is 767. The summed E-state index contributed by atoms with van der Waals surface area (Å²) in [4.78, 5) is 21.3. The average molecular weight is 342 g/mol. The number of likely N-dealkylation sites (tertiary alicyclic amines) is 1. The molecule has 6 nitrogen and oxygen atoms in total. The topological polar surface area (TPSA) is 62.5 Å². The van der Waals surface area contributed by atoms with Crippen LogP contribution in [-0.2, 0) is 0 Å². The van der Waals surface area contributed by atoms with E-state index < -0.39 is 0 Å². The van der Waals surface area contributed by atoms with Crippen LogP contribution in [0.5, 0.6) is 0 Å². The second kappa shape index (κ2) is 6.86. The summed E-state index contributed by atoms with van der Waals surface area (Å²) in [5, 5.41) is 3.99. The average Bonchev–Trinajstić information content (AvgIpc) is 3.23. The van der Waals surface area contributed by atoms with Crippen molar-refractivity contribution in [3.63, 3.8) is 0 Å². The number of anilines is 1. The first-order chi connectivity index (χ1) is 11.8. The summed E-state index contributed by atoms with van der Waals surface area (Å²) >= 11 is 0. The zero-order chi connectivity index (χ0) is 18.1. The summed E-state index contributed by atoms with van der Waals surface area (Å²) in [7, 11) is 4.05. The normalized spacial score (nSPS) is 17.4. The number of aromatic nitrogens is 2. The van der Waals surface area contributed by atoms with E-state index in [1.807, 2.05) is 39.8 Å². The molecule has 3 heterocycles. The van der Waals surface area contributed by atoms with E-state index in [9.17, 15) is 4.79 Å². The van der Waals surface area contributed by atoms with Gasteiger partial charge in [0.25, 0.3) is 5.91 Å². The number of aryl methyl sites for hydroxylation is 1. The van der Waals surface area contributed by atoms with Crippen LogP contribution >= 0.6 is 0 Å². The highest BCUT2D eigenvalue weighted by molar-refractivity contribution is 5.91. The number of hydrogen-bond donors (Lipinski definition) is 0. The third-order valence-corrected chi connectivity index (χ3v) is 4.70. The molecule has 1 atom stereocenters. The van der Waals surface area contributed by atoms with Gasteiger partial charge in [0.15, 0.2) is 0 Å². The molecule has 0 bridgehead atoms. The minimum atomic E-state index is -0.0811. The highest BCUT2D eigenvalue weighted by Crippen LogP contribution is 2.29. The monoisotopic (exact) mass is 342 g/mol. The first kappa shape index (κ1) is 17.5. The summed E-state index contributed by atoms with van der Waals surface area (Å²) < 4.78 is 5.25. The van der Waals surface area contributed by atoms with E-state index in [1.54, 1.807) is 6.07 Å². The standard InChI is InChI=1S/C19H26N4O2/c1-12(2)16-10-18(25-21-16)19(24)23-7-6-14(11-23)17-9-15(22(4)5)8-13(3)20-17/h8-10,12,14H,6-7,11H2,1-5H3. The molecule has 1 saturated heterocycles. The molecule has 1 unspecified atom stereocenters. The molecule has 134 valence electrons. The molecule has 1 aliphatic rings. The van der Waals surface area contributed by atoms with Crippen LogP contribution in [0.2, 0.25) is 0 Å². The van der Waals surface area contributed by atoms with Gasteiger partial charge in [-0.05, 0) is 31.4 Å². The molecule has 3 rings (SSSR count). The van der Waals surface area contributed by atoms with Crippen LogP contribution in [-0.4, -0.2) is 48.1 Å². The van der Waals surface area contributed by atoms with Crippen LogP contribution in [0.15, 0.2) is 22.7 Å². The van der Waals surface area contributed by atoms with Crippen molar-refractivity contribution in [2.24, 2.45) is 0 Å². The van der Waals surface area contributed by atoms with Gasteiger partial charge < -0.3 is 14.3 Å². The van der Waals surface area contributed by atoms with E-state index in [-0.39, 0.29) is 17.7 Å². The summed E-state index contributed by atoms with van der Waals surface area (Å²) in [6, 6.07) is 5.95. The number of hydrogen-bond acceptors (Lipinski definition) is 5. The number of carbonyl (C=O) groups is 1. The first-order valence-electron chi connectivity index (χ1n) is 8.77. The summed E-state index contributed by atoms with van der Waals surface area (Å²) in [6.45, 7) is 7.46. The SMILES string of the molecule is Cc1cc(N(C)C)cc(C2CCN(C(=O)c3cc(C(C)C)no3)C2)n1. The van der Waals surface area contributed by atoms with Gasteiger partial charge in [0.05, 0.1) is 5.69 Å². The van der Waals surface area contributed by atoms with E-state index in [2.05, 4.69) is 22.2 Å². The molecule has 2 aromatic rings. The third kappa shape index (κ3) is 3.67. The van der Waals surface area contributed by atoms with Crippen LogP contribution in [0, 0.1) is 6.92 Å². The van der Waals surface area contributed by atoms with Crippen LogP contribution in [0.25, 0.3) is 0 Å². The van der Waals surface area contributed by atoms with E-state index in [0.717, 1.165) is 29.2 Å². The van der Waals surface area contributed by atoms with E-state index in [1.165, 1.54) is 0 Å². The van der Waals surface area contributed by atoms with Crippen molar-refractivity contribution in [1.29, 1.82) is 0 Å². The molecular formula is C19H26N4O2. The molecule has 2 aromatic heterocycles. The minimum Gasteiger partial charge on any atom is -0.378 e. The molecule has 0 saturated carbocycles. The maximum Gasteiger partial charge on any atom is 0.292 e. The van der Waals surface area contributed by atoms with Crippen molar-refractivity contribution >= 4 is 11.6 Å². The molecule has 1 aliphatic heterocycles. The van der Waals surface area contributed by atoms with Gasteiger partial charge >= 0.3 is 0 Å². The Kier molecular flexibility index (Phi) is 4.79. The lowest BCUT2D eigenvalue weighted by molar-refractivity contribution is 0.0749. The second-order valence-corrected chi connectivity index (χ2v) is 7.29. The fourth-order valence-corrected chi connectivity index (χ4v) is 3.15. The molecule has 0 N–H and O–H groups in total. The maximum atomic E-state index is 12.7. The predicted octanol–water partition coefficient (Wildman–Crippen LogP) is 3.20. The van der Waals surface area contributed by atoms with Crippen LogP contribution in [0.1, 0.15) is 59.7 Å². The Hall–Kier alpha value is -2.37. The maximum absolute atomic E-state index is 12.7. The lowest BCUT2D eigenvalue weighted by Crippen LogP contribution is -2.28. The van der Waals surface area contributed by atoms with Crippen LogP contribution in [0.4, 0.5) is 5.69 Å². The number of pyridine rings is 1. The van der Waals surface area contributed by atoms with E-state index in [4.69, 9.17) is 9.51 Å². The van der Waals surface area contributed by atoms with Gasteiger partial charge in [-0.15, -0.1) is 0 Å². The lowest BCUT2D eigenvalue weighted by atomic mass is 10.0. The van der Waals surface area contributed by atoms with Gasteiger partial charge in [0.2, 0.25) is 5.76 Å². The Morgan fingerprint density at radius 1 is 1.32 bits per heavy atom. The summed E-state index contributed by atoms with van der Waals surface area (Å²) in [5.74, 6) is 0.755. The molecule has 1 fully saturated rings. The number of rotatable bonds is 4. The Balaban J connectivity index is 1.74. The predicted molar refractivity (Wildman–Crippen MR) is 97.2 cm³/mol. The molecular weight excluding hydrogens is 316 g/mol. The summed E-state index contributed by atoms with van der Waals surface area (Å²) in [5.41, 5.74) is 4.02. The van der Waals surface area contributed by atoms with Gasteiger partial charge in [0.1, 0.15) is 0 Å². The highest BCUT2D eigenvalue weighted by atomic mass is 16.5. The molecule has 25 heavy (non-hydrogen) atoms. The van der Waals surface area contributed by atoms with Gasteiger partial charge in [-0.25, -0.2) is 0 Å². The Morgan fingerprint density at radius 2 is 2.08 bits per heavy atom. The van der Waals surface area contributed by atoms with Crippen molar-refractivity contribution < 1.29 is 9.32 Å². The van der Waals surface area contributed by atoms with Gasteiger partial charge in [-0.1, -0.05) is 19.0 Å². The number of amides is 1. The van der Waals surface area contributed by atoms with Crippen molar-refractivity contribution in [2.45, 2.75) is 39.0 Å². The van der Waals surface area contributed by atoms with Crippen molar-refractivity contribution in [3.8, 4) is 0 Å². The molecule has 0 aliphatic carbocycles. The van der Waals surface area contributed by atoms with Gasteiger partial charge in [0, 0.05) is 56.2 Å². The van der Waals surface area contributed by atoms with Crippen molar-refractivity contribution in [3.05, 3.63) is 41.0 Å². The zero-order valence-electron chi connectivity index (χ0n) is 15.6. The van der Waals surface area contributed by atoms with Gasteiger partial charge in [-0.3, -0.25) is 9.78 Å². The Morgan fingerprint density at radius 3 is 2.72 bits per heavy atom. The van der Waals surface area contributed by atoms with Crippen LogP contribution < -0.4 is 4.90 Å². The molecule has 0 aromatic carbocycles. The number of nitrogens with zero attached hydrogens (tertiary/aromatic N) is 4. The van der Waals surface area contributed by atoms with Crippen molar-refractivity contribution in [1.82, 2.24) is 15.0 Å². The lowest BCUT2D eigenvalue weighted by Gasteiger charge is -2.18.